The van der Waals surface area contributed by atoms with Gasteiger partial charge in [-0.1, -0.05) is 19.9 Å². The van der Waals surface area contributed by atoms with E-state index in [1.807, 2.05) is 37.7 Å². The van der Waals surface area contributed by atoms with Crippen LogP contribution in [-0.2, 0) is 26.6 Å². The van der Waals surface area contributed by atoms with Gasteiger partial charge in [0.1, 0.15) is 5.52 Å². The molecular weight excluding hydrogens is 330 g/mol. The smallest absolute Gasteiger partial charge is 0.291 e. The Morgan fingerprint density at radius 3 is 2.77 bits per heavy atom. The van der Waals surface area contributed by atoms with Crippen LogP contribution in [0.25, 0.3) is 10.9 Å². The molecule has 7 heteroatoms. The monoisotopic (exact) mass is 355 g/mol. The Hall–Kier alpha value is -2.67. The molecule has 0 bridgehead atoms. The summed E-state index contributed by atoms with van der Waals surface area (Å²) >= 11 is 0. The maximum absolute atomic E-state index is 12.9. The number of fused-ring (bicyclic) bond motifs is 3. The molecule has 1 N–H and O–H groups in total. The third kappa shape index (κ3) is 3.10. The number of ether oxygens (including phenoxy) is 1. The van der Waals surface area contributed by atoms with Gasteiger partial charge in [0.2, 0.25) is 5.88 Å². The minimum absolute atomic E-state index is 0.0692. The number of pyridine rings is 1. The van der Waals surface area contributed by atoms with Crippen LogP contribution in [0.3, 0.4) is 0 Å². The zero-order valence-corrected chi connectivity index (χ0v) is 15.7. The highest BCUT2D eigenvalue weighted by molar-refractivity contribution is 5.84. The van der Waals surface area contributed by atoms with Gasteiger partial charge in [0, 0.05) is 36.9 Å². The largest absolute Gasteiger partial charge is 0.481 e. The SMILES string of the molecule is CC.COc1ccc(Cn2ncc3c4c(n(C)c3c2=O)CNCC4)cn1. The standard InChI is InChI=1S/C17H19N5O2.C2H6/c1-21-14-9-18-6-5-12(14)13-8-20-22(17(23)16(13)21)10-11-3-4-15(24-2)19-7-11;1-2/h3-4,7-8,18H,5-6,9-10H2,1-2H3;1-2H3. The fourth-order valence-corrected chi connectivity index (χ4v) is 3.35. The van der Waals surface area contributed by atoms with E-state index in [0.29, 0.717) is 12.4 Å². The van der Waals surface area contributed by atoms with Crippen molar-refractivity contribution in [3.8, 4) is 5.88 Å². The van der Waals surface area contributed by atoms with Crippen LogP contribution in [0.4, 0.5) is 0 Å². The number of hydrogen-bond acceptors (Lipinski definition) is 5. The quantitative estimate of drug-likeness (QED) is 0.776. The van der Waals surface area contributed by atoms with Crippen LogP contribution in [0.2, 0.25) is 0 Å². The van der Waals surface area contributed by atoms with E-state index < -0.39 is 0 Å². The Bertz CT molecular complexity index is 957. The maximum atomic E-state index is 12.9. The van der Waals surface area contributed by atoms with Gasteiger partial charge >= 0.3 is 0 Å². The molecular formula is C19H25N5O2. The van der Waals surface area contributed by atoms with Gasteiger partial charge < -0.3 is 14.6 Å². The summed E-state index contributed by atoms with van der Waals surface area (Å²) in [6.07, 6.45) is 4.45. The topological polar surface area (TPSA) is 74.0 Å². The molecule has 0 spiro atoms. The number of aryl methyl sites for hydroxylation is 1. The highest BCUT2D eigenvalue weighted by atomic mass is 16.5. The Morgan fingerprint density at radius 1 is 1.27 bits per heavy atom. The van der Waals surface area contributed by atoms with E-state index in [1.54, 1.807) is 19.4 Å². The van der Waals surface area contributed by atoms with Gasteiger partial charge in [0.05, 0.1) is 19.9 Å². The minimum Gasteiger partial charge on any atom is -0.481 e. The first-order chi connectivity index (χ1) is 12.7. The van der Waals surface area contributed by atoms with Crippen molar-refractivity contribution in [1.29, 1.82) is 0 Å². The van der Waals surface area contributed by atoms with Crippen LogP contribution in [-0.4, -0.2) is 33.0 Å². The lowest BCUT2D eigenvalue weighted by molar-refractivity contribution is 0.397. The average Bonchev–Trinajstić information content (AvgIpc) is 2.99. The summed E-state index contributed by atoms with van der Waals surface area (Å²) in [5.74, 6) is 0.553. The van der Waals surface area contributed by atoms with E-state index in [-0.39, 0.29) is 5.56 Å². The first kappa shape index (κ1) is 18.1. The van der Waals surface area contributed by atoms with Crippen molar-refractivity contribution in [1.82, 2.24) is 24.6 Å². The van der Waals surface area contributed by atoms with Crippen LogP contribution in [0.1, 0.15) is 30.7 Å². The molecule has 0 saturated heterocycles. The van der Waals surface area contributed by atoms with E-state index in [0.717, 1.165) is 36.0 Å². The molecule has 0 radical (unpaired) electrons. The Balaban J connectivity index is 0.000000948. The summed E-state index contributed by atoms with van der Waals surface area (Å²) in [7, 11) is 3.53. The van der Waals surface area contributed by atoms with Crippen molar-refractivity contribution in [3.63, 3.8) is 0 Å². The second-order valence-corrected chi connectivity index (χ2v) is 5.99. The summed E-state index contributed by atoms with van der Waals surface area (Å²) in [5.41, 5.74) is 3.99. The van der Waals surface area contributed by atoms with Gasteiger partial charge in [-0.15, -0.1) is 0 Å². The third-order valence-electron chi connectivity index (χ3n) is 4.62. The van der Waals surface area contributed by atoms with Crippen LogP contribution >= 0.6 is 0 Å². The van der Waals surface area contributed by atoms with Crippen molar-refractivity contribution in [2.75, 3.05) is 13.7 Å². The fraction of sp³-hybridized carbons (Fsp3) is 0.421. The summed E-state index contributed by atoms with van der Waals surface area (Å²) in [5, 5.41) is 8.71. The van der Waals surface area contributed by atoms with E-state index in [9.17, 15) is 4.79 Å². The molecule has 3 aromatic rings. The van der Waals surface area contributed by atoms with Crippen LogP contribution in [0, 0.1) is 0 Å². The zero-order valence-electron chi connectivity index (χ0n) is 15.7. The van der Waals surface area contributed by atoms with Crippen molar-refractivity contribution in [2.45, 2.75) is 33.4 Å². The summed E-state index contributed by atoms with van der Waals surface area (Å²) < 4.78 is 8.55. The molecule has 4 heterocycles. The molecule has 0 aliphatic carbocycles. The van der Waals surface area contributed by atoms with Gasteiger partial charge in [0.15, 0.2) is 0 Å². The number of aromatic nitrogens is 4. The first-order valence-corrected chi connectivity index (χ1v) is 8.95. The molecule has 1 aliphatic rings. The maximum Gasteiger partial charge on any atom is 0.291 e. The minimum atomic E-state index is -0.0692. The predicted octanol–water partition coefficient (Wildman–Crippen LogP) is 1.86. The molecule has 1 aliphatic heterocycles. The normalized spacial score (nSPS) is 13.1. The van der Waals surface area contributed by atoms with Gasteiger partial charge in [0.25, 0.3) is 5.56 Å². The first-order valence-electron chi connectivity index (χ1n) is 8.95. The van der Waals surface area contributed by atoms with Crippen molar-refractivity contribution < 1.29 is 4.74 Å². The van der Waals surface area contributed by atoms with Crippen molar-refractivity contribution in [2.24, 2.45) is 7.05 Å². The number of methoxy groups -OCH3 is 1. The lowest BCUT2D eigenvalue weighted by Crippen LogP contribution is -2.25. The van der Waals surface area contributed by atoms with Crippen LogP contribution in [0.15, 0.2) is 29.3 Å². The molecule has 0 aromatic carbocycles. The molecule has 3 aromatic heterocycles. The van der Waals surface area contributed by atoms with Gasteiger partial charge in [-0.05, 0) is 24.1 Å². The number of hydrogen-bond donors (Lipinski definition) is 1. The molecule has 0 amide bonds. The average molecular weight is 355 g/mol. The van der Waals surface area contributed by atoms with Gasteiger partial charge in [-0.2, -0.15) is 5.10 Å². The fourth-order valence-electron chi connectivity index (χ4n) is 3.35. The van der Waals surface area contributed by atoms with Crippen molar-refractivity contribution in [3.05, 3.63) is 51.7 Å². The second-order valence-electron chi connectivity index (χ2n) is 5.99. The summed E-state index contributed by atoms with van der Waals surface area (Å²) in [6, 6.07) is 3.68. The van der Waals surface area contributed by atoms with Gasteiger partial charge in [-0.25, -0.2) is 9.67 Å². The predicted molar refractivity (Wildman–Crippen MR) is 102 cm³/mol. The van der Waals surface area contributed by atoms with E-state index in [4.69, 9.17) is 4.74 Å². The number of rotatable bonds is 3. The van der Waals surface area contributed by atoms with E-state index in [1.165, 1.54) is 15.9 Å². The molecule has 138 valence electrons. The molecule has 0 unspecified atom stereocenters. The molecule has 7 nitrogen and oxygen atoms in total. The molecule has 26 heavy (non-hydrogen) atoms. The Labute approximate surface area is 152 Å². The Morgan fingerprint density at radius 2 is 2.08 bits per heavy atom. The summed E-state index contributed by atoms with van der Waals surface area (Å²) in [4.78, 5) is 17.1. The second kappa shape index (κ2) is 7.70. The van der Waals surface area contributed by atoms with Gasteiger partial charge in [-0.3, -0.25) is 4.79 Å². The number of nitrogens with zero attached hydrogens (tertiary/aromatic N) is 4. The summed E-state index contributed by atoms with van der Waals surface area (Å²) in [6.45, 7) is 6.12. The molecule has 0 fully saturated rings. The van der Waals surface area contributed by atoms with Crippen LogP contribution < -0.4 is 15.6 Å². The van der Waals surface area contributed by atoms with E-state index >= 15 is 0 Å². The van der Waals surface area contributed by atoms with Crippen LogP contribution in [0.5, 0.6) is 5.88 Å². The molecule has 0 saturated carbocycles. The number of nitrogens with one attached hydrogen (secondary N) is 1. The Kier molecular flexibility index (Phi) is 5.37. The highest BCUT2D eigenvalue weighted by Gasteiger charge is 2.21. The lowest BCUT2D eigenvalue weighted by atomic mass is 10.1. The molecule has 0 atom stereocenters. The zero-order chi connectivity index (χ0) is 18.7. The third-order valence-corrected chi connectivity index (χ3v) is 4.62. The lowest BCUT2D eigenvalue weighted by Gasteiger charge is -2.14. The van der Waals surface area contributed by atoms with E-state index in [2.05, 4.69) is 15.4 Å². The van der Waals surface area contributed by atoms with Crippen molar-refractivity contribution >= 4 is 10.9 Å². The highest BCUT2D eigenvalue weighted by Crippen LogP contribution is 2.24. The molecule has 4 rings (SSSR count).